The third kappa shape index (κ3) is 5.56. The molecule has 0 spiro atoms. The highest BCUT2D eigenvalue weighted by Crippen LogP contribution is 2.21. The lowest BCUT2D eigenvalue weighted by Gasteiger charge is -2.11. The van der Waals surface area contributed by atoms with Crippen molar-refractivity contribution in [3.63, 3.8) is 0 Å². The van der Waals surface area contributed by atoms with Crippen molar-refractivity contribution in [2.45, 2.75) is 13.0 Å². The fourth-order valence-electron chi connectivity index (χ4n) is 2.63. The van der Waals surface area contributed by atoms with Crippen molar-refractivity contribution in [1.29, 1.82) is 0 Å². The first-order valence-corrected chi connectivity index (χ1v) is 9.73. The monoisotopic (exact) mass is 380 g/mol. The van der Waals surface area contributed by atoms with E-state index in [9.17, 15) is 0 Å². The molecule has 0 aliphatic rings. The second kappa shape index (κ2) is 9.73. The van der Waals surface area contributed by atoms with Gasteiger partial charge in [-0.2, -0.15) is 0 Å². The molecular weight excluding hydrogens is 356 g/mol. The quantitative estimate of drug-likeness (QED) is 0.484. The molecule has 0 fully saturated rings. The molecule has 27 heavy (non-hydrogen) atoms. The summed E-state index contributed by atoms with van der Waals surface area (Å²) in [5.74, 6) is 1.66. The van der Waals surface area contributed by atoms with Gasteiger partial charge < -0.3 is 15.4 Å². The average Bonchev–Trinajstić information content (AvgIpc) is 3.21. The number of aliphatic imine (C=N–C) groups is 1. The normalized spacial score (nSPS) is 11.3. The smallest absolute Gasteiger partial charge is 0.191 e. The van der Waals surface area contributed by atoms with E-state index in [1.165, 1.54) is 5.56 Å². The molecule has 3 aromatic rings. The highest BCUT2D eigenvalue weighted by atomic mass is 32.1. The van der Waals surface area contributed by atoms with Crippen LogP contribution in [0.25, 0.3) is 11.3 Å². The number of hydrogen-bond acceptors (Lipinski definition) is 4. The molecule has 140 valence electrons. The van der Waals surface area contributed by atoms with E-state index >= 15 is 0 Å². The largest absolute Gasteiger partial charge is 0.497 e. The van der Waals surface area contributed by atoms with Crippen molar-refractivity contribution in [1.82, 2.24) is 15.6 Å². The molecular formula is C21H24N4OS. The van der Waals surface area contributed by atoms with Crippen LogP contribution in [0.15, 0.2) is 65.0 Å². The molecule has 2 aromatic carbocycles. The topological polar surface area (TPSA) is 58.5 Å². The molecule has 0 radical (unpaired) electrons. The molecule has 6 heteroatoms. The lowest BCUT2D eigenvalue weighted by molar-refractivity contribution is 0.414. The fraction of sp³-hybridized carbons (Fsp3) is 0.238. The Morgan fingerprint density at radius 1 is 1.07 bits per heavy atom. The van der Waals surface area contributed by atoms with E-state index in [-0.39, 0.29) is 0 Å². The summed E-state index contributed by atoms with van der Waals surface area (Å²) >= 11 is 1.65. The molecule has 0 saturated heterocycles. The number of ether oxygens (including phenoxy) is 1. The van der Waals surface area contributed by atoms with Crippen LogP contribution in [0, 0.1) is 0 Å². The van der Waals surface area contributed by atoms with Gasteiger partial charge in [0, 0.05) is 24.5 Å². The molecule has 1 heterocycles. The van der Waals surface area contributed by atoms with Gasteiger partial charge >= 0.3 is 0 Å². The van der Waals surface area contributed by atoms with Gasteiger partial charge in [-0.15, -0.1) is 11.3 Å². The van der Waals surface area contributed by atoms with E-state index in [4.69, 9.17) is 9.72 Å². The number of aromatic nitrogens is 1. The molecule has 5 nitrogen and oxygen atoms in total. The van der Waals surface area contributed by atoms with Crippen molar-refractivity contribution >= 4 is 17.3 Å². The summed E-state index contributed by atoms with van der Waals surface area (Å²) in [5, 5.41) is 9.79. The Morgan fingerprint density at radius 2 is 1.85 bits per heavy atom. The van der Waals surface area contributed by atoms with E-state index in [1.807, 2.05) is 30.3 Å². The van der Waals surface area contributed by atoms with Crippen LogP contribution in [0.2, 0.25) is 0 Å². The van der Waals surface area contributed by atoms with Crippen LogP contribution in [0.3, 0.4) is 0 Å². The number of nitrogens with zero attached hydrogens (tertiary/aromatic N) is 2. The zero-order chi connectivity index (χ0) is 18.9. The predicted octanol–water partition coefficient (Wildman–Crippen LogP) is 3.73. The molecule has 0 unspecified atom stereocenters. The van der Waals surface area contributed by atoms with Crippen LogP contribution in [0.1, 0.15) is 10.6 Å². The molecule has 1 aromatic heterocycles. The molecule has 0 amide bonds. The Kier molecular flexibility index (Phi) is 6.82. The minimum absolute atomic E-state index is 0.652. The summed E-state index contributed by atoms with van der Waals surface area (Å²) in [4.78, 5) is 8.97. The van der Waals surface area contributed by atoms with Crippen LogP contribution in [-0.4, -0.2) is 31.6 Å². The molecule has 0 saturated carbocycles. The Balaban J connectivity index is 1.46. The number of guanidine groups is 1. The van der Waals surface area contributed by atoms with E-state index in [0.29, 0.717) is 6.54 Å². The average molecular weight is 381 g/mol. The third-order valence-electron chi connectivity index (χ3n) is 4.12. The first kappa shape index (κ1) is 18.9. The van der Waals surface area contributed by atoms with Crippen molar-refractivity contribution < 1.29 is 4.74 Å². The predicted molar refractivity (Wildman–Crippen MR) is 112 cm³/mol. The molecule has 0 atom stereocenters. The molecule has 3 rings (SSSR count). The summed E-state index contributed by atoms with van der Waals surface area (Å²) < 4.78 is 5.18. The first-order chi connectivity index (χ1) is 13.3. The zero-order valence-corrected chi connectivity index (χ0v) is 16.4. The number of hydrogen-bond donors (Lipinski definition) is 2. The Hall–Kier alpha value is -2.86. The summed E-state index contributed by atoms with van der Waals surface area (Å²) in [5.41, 5.74) is 3.41. The fourth-order valence-corrected chi connectivity index (χ4v) is 3.37. The zero-order valence-electron chi connectivity index (χ0n) is 15.6. The maximum Gasteiger partial charge on any atom is 0.191 e. The standard InChI is InChI=1S/C21H24N4OS/c1-22-21(23-13-12-16-8-10-18(26-2)11-9-16)24-14-20-25-19(15-27-20)17-6-4-3-5-7-17/h3-11,15H,12-14H2,1-2H3,(H2,22,23,24). The number of benzene rings is 2. The minimum atomic E-state index is 0.652. The second-order valence-electron chi connectivity index (χ2n) is 5.94. The number of nitrogens with one attached hydrogen (secondary N) is 2. The van der Waals surface area contributed by atoms with Crippen LogP contribution < -0.4 is 15.4 Å². The van der Waals surface area contributed by atoms with Gasteiger partial charge in [0.15, 0.2) is 5.96 Å². The maximum absolute atomic E-state index is 5.18. The molecule has 0 aliphatic carbocycles. The maximum atomic E-state index is 5.18. The summed E-state index contributed by atoms with van der Waals surface area (Å²) in [6.07, 6.45) is 0.917. The lowest BCUT2D eigenvalue weighted by atomic mass is 10.1. The highest BCUT2D eigenvalue weighted by Gasteiger charge is 2.05. The Labute approximate surface area is 164 Å². The number of rotatable bonds is 7. The van der Waals surface area contributed by atoms with Gasteiger partial charge in [-0.25, -0.2) is 4.98 Å². The summed E-state index contributed by atoms with van der Waals surface area (Å²) in [6, 6.07) is 18.3. The van der Waals surface area contributed by atoms with Gasteiger partial charge in [-0.1, -0.05) is 42.5 Å². The van der Waals surface area contributed by atoms with E-state index in [0.717, 1.165) is 40.9 Å². The van der Waals surface area contributed by atoms with Crippen molar-refractivity contribution in [3.8, 4) is 17.0 Å². The first-order valence-electron chi connectivity index (χ1n) is 8.86. The minimum Gasteiger partial charge on any atom is -0.497 e. The van der Waals surface area contributed by atoms with Crippen LogP contribution in [-0.2, 0) is 13.0 Å². The Morgan fingerprint density at radius 3 is 2.56 bits per heavy atom. The molecule has 0 bridgehead atoms. The third-order valence-corrected chi connectivity index (χ3v) is 4.97. The van der Waals surface area contributed by atoms with Gasteiger partial charge in [0.1, 0.15) is 10.8 Å². The van der Waals surface area contributed by atoms with E-state index in [2.05, 4.69) is 45.3 Å². The van der Waals surface area contributed by atoms with Gasteiger partial charge in [0.05, 0.1) is 19.3 Å². The molecule has 2 N–H and O–H groups in total. The SMILES string of the molecule is CN=C(NCCc1ccc(OC)cc1)NCc1nc(-c2ccccc2)cs1. The van der Waals surface area contributed by atoms with Crippen LogP contribution >= 0.6 is 11.3 Å². The summed E-state index contributed by atoms with van der Waals surface area (Å²) in [7, 11) is 3.46. The van der Waals surface area contributed by atoms with Gasteiger partial charge in [0.25, 0.3) is 0 Å². The van der Waals surface area contributed by atoms with Crippen molar-refractivity contribution in [2.75, 3.05) is 20.7 Å². The van der Waals surface area contributed by atoms with Crippen molar-refractivity contribution in [2.24, 2.45) is 4.99 Å². The van der Waals surface area contributed by atoms with Crippen LogP contribution in [0.5, 0.6) is 5.75 Å². The second-order valence-corrected chi connectivity index (χ2v) is 6.89. The molecule has 0 aliphatic heterocycles. The van der Waals surface area contributed by atoms with E-state index in [1.54, 1.807) is 25.5 Å². The Bertz CT molecular complexity index is 859. The number of thiazole rings is 1. The van der Waals surface area contributed by atoms with Gasteiger partial charge in [0.2, 0.25) is 0 Å². The van der Waals surface area contributed by atoms with Crippen molar-refractivity contribution in [3.05, 3.63) is 70.5 Å². The summed E-state index contributed by atoms with van der Waals surface area (Å²) in [6.45, 7) is 1.46. The lowest BCUT2D eigenvalue weighted by Crippen LogP contribution is -2.37. The highest BCUT2D eigenvalue weighted by molar-refractivity contribution is 7.09. The number of methoxy groups -OCH3 is 1. The van der Waals surface area contributed by atoms with Gasteiger partial charge in [-0.05, 0) is 24.1 Å². The van der Waals surface area contributed by atoms with Crippen LogP contribution in [0.4, 0.5) is 0 Å². The van der Waals surface area contributed by atoms with Gasteiger partial charge in [-0.3, -0.25) is 4.99 Å². The van der Waals surface area contributed by atoms with E-state index < -0.39 is 0 Å².